The number of primary amides is 1. The van der Waals surface area contributed by atoms with Crippen molar-refractivity contribution >= 4 is 30.0 Å². The van der Waals surface area contributed by atoms with Crippen LogP contribution in [0.1, 0.15) is 0 Å². The van der Waals surface area contributed by atoms with Gasteiger partial charge in [0, 0.05) is 30.1 Å². The van der Waals surface area contributed by atoms with Gasteiger partial charge in [0.25, 0.3) is 0 Å². The molecule has 174 valence electrons. The molecule has 1 saturated heterocycles. The summed E-state index contributed by atoms with van der Waals surface area (Å²) in [7, 11) is 0. The van der Waals surface area contributed by atoms with Crippen LogP contribution in [-0.2, 0) is 11.3 Å². The summed E-state index contributed by atoms with van der Waals surface area (Å²) in [6, 6.07) is 7.44. The van der Waals surface area contributed by atoms with Gasteiger partial charge in [-0.25, -0.2) is 28.7 Å². The Morgan fingerprint density at radius 3 is 2.76 bits per heavy atom. The fourth-order valence-electron chi connectivity index (χ4n) is 3.77. The number of nitrogens with two attached hydrogens (primary N) is 1. The Morgan fingerprint density at radius 1 is 1.24 bits per heavy atom. The summed E-state index contributed by atoms with van der Waals surface area (Å²) in [6.45, 7) is 1.46. The molecule has 3 aromatic rings. The van der Waals surface area contributed by atoms with Crippen molar-refractivity contribution in [3.05, 3.63) is 54.7 Å². The molecular weight excluding hydrogens is 445 g/mol. The molecule has 0 radical (unpaired) electrons. The van der Waals surface area contributed by atoms with E-state index in [2.05, 4.69) is 20.4 Å². The summed E-state index contributed by atoms with van der Waals surface area (Å²) in [5, 5.41) is 12.7. The number of anilines is 2. The third-order valence-electron chi connectivity index (χ3n) is 5.49. The maximum Gasteiger partial charge on any atom is 0.414 e. The van der Waals surface area contributed by atoms with Gasteiger partial charge in [0.1, 0.15) is 24.1 Å². The highest BCUT2D eigenvalue weighted by Crippen LogP contribution is 2.29. The molecule has 0 unspecified atom stereocenters. The van der Waals surface area contributed by atoms with E-state index in [1.807, 2.05) is 0 Å². The van der Waals surface area contributed by atoms with E-state index in [0.717, 1.165) is 5.01 Å². The van der Waals surface area contributed by atoms with Crippen molar-refractivity contribution in [3.63, 3.8) is 0 Å². The van der Waals surface area contributed by atoms with Crippen LogP contribution in [-0.4, -0.2) is 69.2 Å². The highest BCUT2D eigenvalue weighted by Gasteiger charge is 2.33. The summed E-state index contributed by atoms with van der Waals surface area (Å²) in [6.07, 6.45) is 5.29. The second kappa shape index (κ2) is 8.77. The molecule has 1 fully saturated rings. The van der Waals surface area contributed by atoms with Crippen molar-refractivity contribution in [2.45, 2.75) is 12.6 Å². The van der Waals surface area contributed by atoms with Crippen molar-refractivity contribution in [2.75, 3.05) is 29.4 Å². The molecule has 12 nitrogen and oxygen atoms in total. The number of hydrogen-bond acceptors (Lipinski definition) is 8. The minimum absolute atomic E-state index is 0.276. The van der Waals surface area contributed by atoms with E-state index in [1.165, 1.54) is 17.3 Å². The predicted molar refractivity (Wildman–Crippen MR) is 119 cm³/mol. The van der Waals surface area contributed by atoms with Crippen LogP contribution < -0.4 is 15.5 Å². The van der Waals surface area contributed by atoms with Crippen LogP contribution in [0.3, 0.4) is 0 Å². The molecule has 5 rings (SSSR count). The average Bonchev–Trinajstić information content (AvgIpc) is 3.49. The Kier molecular flexibility index (Phi) is 5.49. The fraction of sp³-hybridized carbons (Fsp3) is 0.238. The molecule has 2 aromatic heterocycles. The lowest BCUT2D eigenvalue weighted by atomic mass is 10.1. The van der Waals surface area contributed by atoms with E-state index in [9.17, 15) is 14.0 Å². The van der Waals surface area contributed by atoms with Crippen LogP contribution in [0.4, 0.5) is 25.5 Å². The standard InChI is InChI=1S/C21H20FN9O3/c22-18-9-15(30-12-16(34-21(30)33)11-29-6-5-25-27-29)2-3-17(18)14-1-4-19(24-10-14)28-7-8-31(20(23)32)26-13-28/h1-6,9-10,13,16H,7-8,11-12H2,(H2,23,32)/t16-/m0/s1. The van der Waals surface area contributed by atoms with Crippen LogP contribution in [0.2, 0.25) is 0 Å². The number of urea groups is 1. The van der Waals surface area contributed by atoms with Crippen LogP contribution in [0, 0.1) is 5.82 Å². The van der Waals surface area contributed by atoms with Gasteiger partial charge in [-0.1, -0.05) is 5.21 Å². The van der Waals surface area contributed by atoms with Gasteiger partial charge in [-0.05, 0) is 30.3 Å². The van der Waals surface area contributed by atoms with Crippen molar-refractivity contribution in [3.8, 4) is 11.1 Å². The lowest BCUT2D eigenvalue weighted by Crippen LogP contribution is -2.43. The molecule has 13 heteroatoms. The van der Waals surface area contributed by atoms with Gasteiger partial charge in [0.2, 0.25) is 0 Å². The van der Waals surface area contributed by atoms with Crippen LogP contribution in [0.15, 0.2) is 54.0 Å². The van der Waals surface area contributed by atoms with Gasteiger partial charge in [0.05, 0.1) is 31.5 Å². The monoisotopic (exact) mass is 465 g/mol. The van der Waals surface area contributed by atoms with Crippen molar-refractivity contribution in [2.24, 2.45) is 10.8 Å². The zero-order valence-electron chi connectivity index (χ0n) is 17.9. The average molecular weight is 465 g/mol. The first kappa shape index (κ1) is 21.3. The quantitative estimate of drug-likeness (QED) is 0.605. The molecule has 2 N–H and O–H groups in total. The number of rotatable bonds is 5. The number of aromatic nitrogens is 4. The maximum absolute atomic E-state index is 15.0. The lowest BCUT2D eigenvalue weighted by Gasteiger charge is -2.26. The second-order valence-electron chi connectivity index (χ2n) is 7.70. The number of halogens is 1. The van der Waals surface area contributed by atoms with Gasteiger partial charge in [-0.15, -0.1) is 5.10 Å². The number of cyclic esters (lactones) is 1. The van der Waals surface area contributed by atoms with Crippen LogP contribution in [0.25, 0.3) is 11.1 Å². The van der Waals surface area contributed by atoms with Gasteiger partial charge in [-0.2, -0.15) is 5.10 Å². The molecule has 2 aliphatic rings. The predicted octanol–water partition coefficient (Wildman–Crippen LogP) is 1.65. The van der Waals surface area contributed by atoms with Crippen molar-refractivity contribution < 1.29 is 18.7 Å². The summed E-state index contributed by atoms with van der Waals surface area (Å²) >= 11 is 0. The number of carbonyl (C=O) groups is 2. The first-order chi connectivity index (χ1) is 16.5. The highest BCUT2D eigenvalue weighted by molar-refractivity contribution is 5.90. The third kappa shape index (κ3) is 4.22. The summed E-state index contributed by atoms with van der Waals surface area (Å²) in [5.74, 6) is 0.114. The minimum atomic E-state index is -0.619. The summed E-state index contributed by atoms with van der Waals surface area (Å²) < 4.78 is 21.9. The Morgan fingerprint density at radius 2 is 2.12 bits per heavy atom. The van der Waals surface area contributed by atoms with E-state index in [-0.39, 0.29) is 6.54 Å². The first-order valence-corrected chi connectivity index (χ1v) is 10.4. The number of amides is 3. The van der Waals surface area contributed by atoms with Crippen molar-refractivity contribution in [1.82, 2.24) is 25.0 Å². The molecule has 4 heterocycles. The van der Waals surface area contributed by atoms with E-state index in [4.69, 9.17) is 10.5 Å². The van der Waals surface area contributed by atoms with E-state index in [1.54, 1.807) is 52.4 Å². The molecule has 34 heavy (non-hydrogen) atoms. The zero-order valence-corrected chi connectivity index (χ0v) is 17.9. The SMILES string of the molecule is NC(=O)N1CCN(c2ccc(-c3ccc(N4C[C@H](Cn5ccnn5)OC4=O)cc3F)cn2)C=N1. The largest absolute Gasteiger partial charge is 0.442 e. The molecule has 0 spiro atoms. The number of benzene rings is 1. The van der Waals surface area contributed by atoms with E-state index < -0.39 is 24.0 Å². The molecule has 0 aliphatic carbocycles. The highest BCUT2D eigenvalue weighted by atomic mass is 19.1. The van der Waals surface area contributed by atoms with E-state index >= 15 is 0 Å². The zero-order chi connectivity index (χ0) is 23.7. The molecular formula is C21H20FN9O3. The fourth-order valence-corrected chi connectivity index (χ4v) is 3.77. The normalized spacial score (nSPS) is 17.9. The van der Waals surface area contributed by atoms with Gasteiger partial charge < -0.3 is 15.4 Å². The Bertz CT molecular complexity index is 1230. The molecule has 0 bridgehead atoms. The Balaban J connectivity index is 1.28. The smallest absolute Gasteiger partial charge is 0.414 e. The summed E-state index contributed by atoms with van der Waals surface area (Å²) in [4.78, 5) is 31.0. The number of ether oxygens (including phenoxy) is 1. The lowest BCUT2D eigenvalue weighted by molar-refractivity contribution is 0.129. The molecule has 2 aliphatic heterocycles. The first-order valence-electron chi connectivity index (χ1n) is 10.4. The number of pyridine rings is 1. The molecule has 0 saturated carbocycles. The van der Waals surface area contributed by atoms with Gasteiger partial charge in [0.15, 0.2) is 0 Å². The van der Waals surface area contributed by atoms with Crippen LogP contribution >= 0.6 is 0 Å². The number of hydrazone groups is 1. The molecule has 3 amide bonds. The topological polar surface area (TPSA) is 135 Å². The van der Waals surface area contributed by atoms with Crippen LogP contribution in [0.5, 0.6) is 0 Å². The summed E-state index contributed by atoms with van der Waals surface area (Å²) in [5.41, 5.74) is 6.54. The van der Waals surface area contributed by atoms with E-state index in [0.29, 0.717) is 42.3 Å². The van der Waals surface area contributed by atoms with Gasteiger partial charge >= 0.3 is 12.1 Å². The molecule has 1 atom stereocenters. The third-order valence-corrected chi connectivity index (χ3v) is 5.49. The molecule has 1 aromatic carbocycles. The van der Waals surface area contributed by atoms with Crippen molar-refractivity contribution in [1.29, 1.82) is 0 Å². The maximum atomic E-state index is 15.0. The Hall–Kier alpha value is -4.55. The Labute approximate surface area is 193 Å². The number of nitrogens with zero attached hydrogens (tertiary/aromatic N) is 8. The minimum Gasteiger partial charge on any atom is -0.442 e. The number of carbonyl (C=O) groups excluding carboxylic acids is 2. The number of hydrogen-bond donors (Lipinski definition) is 1. The van der Waals surface area contributed by atoms with Gasteiger partial charge in [-0.3, -0.25) is 4.90 Å². The second-order valence-corrected chi connectivity index (χ2v) is 7.70.